The zero-order valence-corrected chi connectivity index (χ0v) is 11.5. The highest BCUT2D eigenvalue weighted by molar-refractivity contribution is 7.13. The van der Waals surface area contributed by atoms with Gasteiger partial charge in [0.05, 0.1) is 12.2 Å². The highest BCUT2D eigenvalue weighted by atomic mass is 32.1. The second-order valence-corrected chi connectivity index (χ2v) is 5.40. The SMILES string of the molecule is CCc1c(C)nn(Cc2ccc(C(=O)O)s2)c1C. The van der Waals surface area contributed by atoms with Crippen molar-refractivity contribution in [2.75, 3.05) is 0 Å². The average Bonchev–Trinajstić information content (AvgIpc) is 2.86. The number of hydrogen-bond acceptors (Lipinski definition) is 3. The summed E-state index contributed by atoms with van der Waals surface area (Å²) in [6.45, 7) is 6.84. The lowest BCUT2D eigenvalue weighted by Gasteiger charge is -2.02. The molecule has 2 heterocycles. The second kappa shape index (κ2) is 4.94. The molecular formula is C13H16N2O2S. The van der Waals surface area contributed by atoms with Gasteiger partial charge in [-0.3, -0.25) is 4.68 Å². The minimum Gasteiger partial charge on any atom is -0.477 e. The fourth-order valence-corrected chi connectivity index (χ4v) is 2.95. The summed E-state index contributed by atoms with van der Waals surface area (Å²) in [7, 11) is 0. The first-order valence-electron chi connectivity index (χ1n) is 5.87. The number of carboxylic acid groups (broad SMARTS) is 1. The summed E-state index contributed by atoms with van der Waals surface area (Å²) in [4.78, 5) is 12.2. The van der Waals surface area contributed by atoms with Gasteiger partial charge in [-0.2, -0.15) is 5.10 Å². The van der Waals surface area contributed by atoms with Gasteiger partial charge >= 0.3 is 5.97 Å². The molecule has 2 rings (SSSR count). The molecule has 1 N–H and O–H groups in total. The third kappa shape index (κ3) is 2.31. The Kier molecular flexibility index (Phi) is 3.52. The van der Waals surface area contributed by atoms with Crippen molar-refractivity contribution < 1.29 is 9.90 Å². The van der Waals surface area contributed by atoms with E-state index in [4.69, 9.17) is 5.11 Å². The predicted molar refractivity (Wildman–Crippen MR) is 71.5 cm³/mol. The first-order valence-corrected chi connectivity index (χ1v) is 6.69. The van der Waals surface area contributed by atoms with Gasteiger partial charge in [0, 0.05) is 10.6 Å². The smallest absolute Gasteiger partial charge is 0.345 e. The van der Waals surface area contributed by atoms with Crippen molar-refractivity contribution in [1.82, 2.24) is 9.78 Å². The lowest BCUT2D eigenvalue weighted by molar-refractivity contribution is 0.0702. The summed E-state index contributed by atoms with van der Waals surface area (Å²) in [6.07, 6.45) is 0.975. The van der Waals surface area contributed by atoms with Crippen molar-refractivity contribution in [3.8, 4) is 0 Å². The van der Waals surface area contributed by atoms with E-state index in [1.165, 1.54) is 22.6 Å². The number of nitrogens with zero attached hydrogens (tertiary/aromatic N) is 2. The Morgan fingerprint density at radius 1 is 1.44 bits per heavy atom. The van der Waals surface area contributed by atoms with Crippen LogP contribution in [0.25, 0.3) is 0 Å². The van der Waals surface area contributed by atoms with Crippen LogP contribution in [-0.2, 0) is 13.0 Å². The van der Waals surface area contributed by atoms with Gasteiger partial charge in [-0.05, 0) is 38.0 Å². The van der Waals surface area contributed by atoms with Crippen molar-refractivity contribution in [2.45, 2.75) is 33.7 Å². The van der Waals surface area contributed by atoms with Crippen molar-refractivity contribution in [2.24, 2.45) is 0 Å². The van der Waals surface area contributed by atoms with E-state index in [1.807, 2.05) is 17.7 Å². The molecule has 5 heteroatoms. The number of rotatable bonds is 4. The van der Waals surface area contributed by atoms with Crippen LogP contribution in [0.4, 0.5) is 0 Å². The molecule has 0 saturated heterocycles. The molecule has 0 atom stereocenters. The topological polar surface area (TPSA) is 55.1 Å². The molecular weight excluding hydrogens is 248 g/mol. The molecule has 0 amide bonds. The lowest BCUT2D eigenvalue weighted by Crippen LogP contribution is -2.02. The summed E-state index contributed by atoms with van der Waals surface area (Å²) in [5.74, 6) is -0.867. The molecule has 4 nitrogen and oxygen atoms in total. The molecule has 96 valence electrons. The highest BCUT2D eigenvalue weighted by Gasteiger charge is 2.12. The molecule has 0 bridgehead atoms. The third-order valence-electron chi connectivity index (χ3n) is 3.06. The maximum atomic E-state index is 10.8. The van der Waals surface area contributed by atoms with E-state index in [0.29, 0.717) is 11.4 Å². The summed E-state index contributed by atoms with van der Waals surface area (Å²) >= 11 is 1.31. The number of carboxylic acids is 1. The summed E-state index contributed by atoms with van der Waals surface area (Å²) < 4.78 is 1.95. The van der Waals surface area contributed by atoms with Crippen LogP contribution in [0.1, 0.15) is 38.4 Å². The van der Waals surface area contributed by atoms with Crippen LogP contribution in [-0.4, -0.2) is 20.9 Å². The zero-order valence-electron chi connectivity index (χ0n) is 10.7. The number of hydrogen-bond donors (Lipinski definition) is 1. The molecule has 0 aromatic carbocycles. The van der Waals surface area contributed by atoms with E-state index in [-0.39, 0.29) is 0 Å². The van der Waals surface area contributed by atoms with E-state index in [9.17, 15) is 4.79 Å². The Hall–Kier alpha value is -1.62. The van der Waals surface area contributed by atoms with E-state index in [0.717, 1.165) is 17.0 Å². The molecule has 18 heavy (non-hydrogen) atoms. The van der Waals surface area contributed by atoms with Crippen molar-refractivity contribution in [3.63, 3.8) is 0 Å². The molecule has 0 fully saturated rings. The standard InChI is InChI=1S/C13H16N2O2S/c1-4-11-8(2)14-15(9(11)3)7-10-5-6-12(18-10)13(16)17/h5-6H,4,7H2,1-3H3,(H,16,17). The number of thiophene rings is 1. The Bertz CT molecular complexity index is 584. The number of aromatic carboxylic acids is 1. The van der Waals surface area contributed by atoms with Crippen molar-refractivity contribution >= 4 is 17.3 Å². The van der Waals surface area contributed by atoms with Crippen LogP contribution in [0.3, 0.4) is 0 Å². The van der Waals surface area contributed by atoms with Gasteiger partial charge in [0.15, 0.2) is 0 Å². The van der Waals surface area contributed by atoms with Gasteiger partial charge < -0.3 is 5.11 Å². The number of carbonyl (C=O) groups is 1. The maximum Gasteiger partial charge on any atom is 0.345 e. The van der Waals surface area contributed by atoms with Crippen LogP contribution >= 0.6 is 11.3 Å². The molecule has 0 aliphatic heterocycles. The molecule has 0 aliphatic carbocycles. The van der Waals surface area contributed by atoms with E-state index in [2.05, 4.69) is 18.9 Å². The van der Waals surface area contributed by atoms with Gasteiger partial charge in [-0.15, -0.1) is 11.3 Å². The first kappa shape index (κ1) is 12.8. The van der Waals surface area contributed by atoms with E-state index < -0.39 is 5.97 Å². The van der Waals surface area contributed by atoms with E-state index in [1.54, 1.807) is 6.07 Å². The normalized spacial score (nSPS) is 10.8. The predicted octanol–water partition coefficient (Wildman–Crippen LogP) is 2.87. The molecule has 0 saturated carbocycles. The molecule has 0 aliphatic rings. The summed E-state index contributed by atoms with van der Waals surface area (Å²) in [5, 5.41) is 13.4. The second-order valence-electron chi connectivity index (χ2n) is 4.23. The molecule has 0 radical (unpaired) electrons. The Balaban J connectivity index is 2.25. The third-order valence-corrected chi connectivity index (χ3v) is 4.12. The van der Waals surface area contributed by atoms with Gasteiger partial charge in [0.1, 0.15) is 4.88 Å². The van der Waals surface area contributed by atoms with Crippen LogP contribution in [0.5, 0.6) is 0 Å². The highest BCUT2D eigenvalue weighted by Crippen LogP contribution is 2.20. The molecule has 0 unspecified atom stereocenters. The maximum absolute atomic E-state index is 10.8. The van der Waals surface area contributed by atoms with Crippen LogP contribution in [0, 0.1) is 13.8 Å². The van der Waals surface area contributed by atoms with Crippen LogP contribution in [0.2, 0.25) is 0 Å². The molecule has 2 aromatic heterocycles. The number of aryl methyl sites for hydroxylation is 1. The van der Waals surface area contributed by atoms with Gasteiger partial charge in [0.25, 0.3) is 0 Å². The minimum absolute atomic E-state index is 0.377. The summed E-state index contributed by atoms with van der Waals surface area (Å²) in [5.41, 5.74) is 3.51. The van der Waals surface area contributed by atoms with Crippen LogP contribution in [0.15, 0.2) is 12.1 Å². The van der Waals surface area contributed by atoms with Gasteiger partial charge in [-0.25, -0.2) is 4.79 Å². The fraction of sp³-hybridized carbons (Fsp3) is 0.385. The van der Waals surface area contributed by atoms with Crippen LogP contribution < -0.4 is 0 Å². The lowest BCUT2D eigenvalue weighted by atomic mass is 10.1. The average molecular weight is 264 g/mol. The van der Waals surface area contributed by atoms with Gasteiger partial charge in [0.2, 0.25) is 0 Å². The largest absolute Gasteiger partial charge is 0.477 e. The zero-order chi connectivity index (χ0) is 13.3. The van der Waals surface area contributed by atoms with Gasteiger partial charge in [-0.1, -0.05) is 6.92 Å². The summed E-state index contributed by atoms with van der Waals surface area (Å²) in [6, 6.07) is 3.50. The fourth-order valence-electron chi connectivity index (χ4n) is 2.13. The first-order chi connectivity index (χ1) is 8.52. The quantitative estimate of drug-likeness (QED) is 0.923. The molecule has 0 spiro atoms. The molecule has 2 aromatic rings. The minimum atomic E-state index is -0.867. The Morgan fingerprint density at radius 2 is 2.17 bits per heavy atom. The Morgan fingerprint density at radius 3 is 2.67 bits per heavy atom. The number of aromatic nitrogens is 2. The Labute approximate surface area is 110 Å². The van der Waals surface area contributed by atoms with Crippen molar-refractivity contribution in [1.29, 1.82) is 0 Å². The van der Waals surface area contributed by atoms with E-state index >= 15 is 0 Å². The monoisotopic (exact) mass is 264 g/mol. The van der Waals surface area contributed by atoms with Crippen molar-refractivity contribution in [3.05, 3.63) is 38.8 Å².